The molecule has 1 amide bonds. The molecule has 1 aromatic rings. The van der Waals surface area contributed by atoms with Gasteiger partial charge in [-0.25, -0.2) is 4.39 Å². The van der Waals surface area contributed by atoms with Gasteiger partial charge in [-0.05, 0) is 42.7 Å². The number of halogens is 3. The molecular weight excluding hydrogens is 288 g/mol. The number of nitrogens with one attached hydrogen (secondary N) is 1. The summed E-state index contributed by atoms with van der Waals surface area (Å²) in [6.45, 7) is 1.41. The van der Waals surface area contributed by atoms with Crippen LogP contribution in [0.5, 0.6) is 0 Å². The third kappa shape index (κ3) is 3.37. The number of carbonyl (C=O) groups excluding carboxylic acids is 1. The molecule has 19 heavy (non-hydrogen) atoms. The fourth-order valence-electron chi connectivity index (χ4n) is 1.96. The summed E-state index contributed by atoms with van der Waals surface area (Å²) in [6, 6.07) is 4.24. The summed E-state index contributed by atoms with van der Waals surface area (Å²) in [5.74, 6) is -0.564. The number of rotatable bonds is 2. The summed E-state index contributed by atoms with van der Waals surface area (Å²) in [6.07, 6.45) is 2.99. The first-order chi connectivity index (χ1) is 8.97. The molecule has 0 bridgehead atoms. The molecule has 2 nitrogen and oxygen atoms in total. The van der Waals surface area contributed by atoms with Crippen molar-refractivity contribution in [3.8, 4) is 0 Å². The van der Waals surface area contributed by atoms with Crippen molar-refractivity contribution in [1.29, 1.82) is 0 Å². The molecule has 0 saturated heterocycles. The molecule has 1 N–H and O–H groups in total. The van der Waals surface area contributed by atoms with Gasteiger partial charge in [-0.15, -0.1) is 0 Å². The van der Waals surface area contributed by atoms with Crippen molar-refractivity contribution < 1.29 is 9.18 Å². The van der Waals surface area contributed by atoms with Crippen molar-refractivity contribution in [1.82, 2.24) is 0 Å². The quantitative estimate of drug-likeness (QED) is 0.846. The summed E-state index contributed by atoms with van der Waals surface area (Å²) in [7, 11) is 0. The van der Waals surface area contributed by atoms with E-state index in [1.165, 1.54) is 19.1 Å². The van der Waals surface area contributed by atoms with E-state index in [0.717, 1.165) is 5.57 Å². The highest BCUT2D eigenvalue weighted by atomic mass is 35.5. The first kappa shape index (κ1) is 14.1. The van der Waals surface area contributed by atoms with Crippen molar-refractivity contribution in [2.24, 2.45) is 0 Å². The van der Waals surface area contributed by atoms with Crippen LogP contribution < -0.4 is 5.32 Å². The van der Waals surface area contributed by atoms with E-state index in [0.29, 0.717) is 34.2 Å². The predicted molar refractivity (Wildman–Crippen MR) is 76.6 cm³/mol. The summed E-state index contributed by atoms with van der Waals surface area (Å²) < 4.78 is 13.4. The van der Waals surface area contributed by atoms with Crippen molar-refractivity contribution in [3.05, 3.63) is 45.7 Å². The third-order valence-corrected chi connectivity index (χ3v) is 3.64. The first-order valence-electron chi connectivity index (χ1n) is 5.79. The monoisotopic (exact) mass is 299 g/mol. The van der Waals surface area contributed by atoms with Crippen LogP contribution in [0.4, 0.5) is 10.1 Å². The number of carbonyl (C=O) groups is 1. The smallest absolute Gasteiger partial charge is 0.221 e. The molecule has 2 rings (SSSR count). The van der Waals surface area contributed by atoms with Gasteiger partial charge in [-0.2, -0.15) is 0 Å². The number of amides is 1. The van der Waals surface area contributed by atoms with E-state index in [1.807, 2.05) is 0 Å². The van der Waals surface area contributed by atoms with Gasteiger partial charge >= 0.3 is 0 Å². The minimum Gasteiger partial charge on any atom is -0.326 e. The second kappa shape index (κ2) is 5.76. The fraction of sp³-hybridized carbons (Fsp3) is 0.214. The van der Waals surface area contributed by atoms with Crippen LogP contribution >= 0.6 is 23.2 Å². The lowest BCUT2D eigenvalue weighted by Crippen LogP contribution is -2.08. The Balaban J connectivity index is 2.46. The van der Waals surface area contributed by atoms with E-state index in [-0.39, 0.29) is 11.7 Å². The highest BCUT2D eigenvalue weighted by molar-refractivity contribution is 6.40. The van der Waals surface area contributed by atoms with E-state index in [1.54, 1.807) is 12.1 Å². The highest BCUT2D eigenvalue weighted by Gasteiger charge is 2.16. The molecule has 1 aliphatic carbocycles. The first-order valence-corrected chi connectivity index (χ1v) is 6.55. The summed E-state index contributed by atoms with van der Waals surface area (Å²) in [4.78, 5) is 11.2. The lowest BCUT2D eigenvalue weighted by atomic mass is 9.95. The van der Waals surface area contributed by atoms with Crippen LogP contribution in [0.3, 0.4) is 0 Å². The van der Waals surface area contributed by atoms with Crippen LogP contribution in [-0.4, -0.2) is 5.91 Å². The number of anilines is 1. The van der Waals surface area contributed by atoms with Crippen molar-refractivity contribution in [2.75, 3.05) is 5.32 Å². The average Bonchev–Trinajstić information content (AvgIpc) is 2.34. The second-order valence-electron chi connectivity index (χ2n) is 4.29. The minimum atomic E-state index is -0.359. The zero-order chi connectivity index (χ0) is 14.0. The Morgan fingerprint density at radius 2 is 2.05 bits per heavy atom. The number of benzene rings is 1. The zero-order valence-electron chi connectivity index (χ0n) is 10.3. The summed E-state index contributed by atoms with van der Waals surface area (Å²) in [5.41, 5.74) is 2.07. The molecule has 0 saturated carbocycles. The number of hydrogen-bond acceptors (Lipinski definition) is 1. The Morgan fingerprint density at radius 1 is 1.32 bits per heavy atom. The van der Waals surface area contributed by atoms with Gasteiger partial charge in [0.15, 0.2) is 0 Å². The van der Waals surface area contributed by atoms with Crippen LogP contribution in [0, 0.1) is 5.82 Å². The van der Waals surface area contributed by atoms with Gasteiger partial charge in [0.05, 0.1) is 5.03 Å². The lowest BCUT2D eigenvalue weighted by molar-refractivity contribution is -0.114. The molecule has 0 radical (unpaired) electrons. The molecule has 0 aromatic heterocycles. The largest absolute Gasteiger partial charge is 0.326 e. The summed E-state index contributed by atoms with van der Waals surface area (Å²) >= 11 is 11.9. The minimum absolute atomic E-state index is 0.205. The molecule has 0 unspecified atom stereocenters. The van der Waals surface area contributed by atoms with Crippen LogP contribution in [0.2, 0.25) is 0 Å². The maximum atomic E-state index is 13.4. The molecule has 5 heteroatoms. The molecule has 100 valence electrons. The van der Waals surface area contributed by atoms with Gasteiger partial charge in [0, 0.05) is 23.2 Å². The predicted octanol–water partition coefficient (Wildman–Crippen LogP) is 4.65. The Kier molecular flexibility index (Phi) is 4.27. The second-order valence-corrected chi connectivity index (χ2v) is 5.16. The van der Waals surface area contributed by atoms with E-state index >= 15 is 0 Å². The van der Waals surface area contributed by atoms with Crippen LogP contribution in [0.25, 0.3) is 5.57 Å². The number of hydrogen-bond donors (Lipinski definition) is 1. The molecule has 0 atom stereocenters. The van der Waals surface area contributed by atoms with Crippen LogP contribution in [0.1, 0.15) is 25.3 Å². The molecule has 1 aromatic carbocycles. The standard InChI is InChI=1S/C14H12Cl2FNO/c1-8(19)18-14-5-3-10(17)7-11(14)9-2-4-12(15)13(16)6-9/h3,5-7H,2,4H2,1H3,(H,18,19). The van der Waals surface area contributed by atoms with Crippen LogP contribution in [0.15, 0.2) is 34.3 Å². The Morgan fingerprint density at radius 3 is 2.68 bits per heavy atom. The van der Waals surface area contributed by atoms with Crippen molar-refractivity contribution in [2.45, 2.75) is 19.8 Å². The molecule has 0 aliphatic heterocycles. The average molecular weight is 300 g/mol. The molecule has 0 spiro atoms. The van der Waals surface area contributed by atoms with E-state index < -0.39 is 0 Å². The Hall–Kier alpha value is -1.32. The maximum Gasteiger partial charge on any atom is 0.221 e. The van der Waals surface area contributed by atoms with E-state index in [2.05, 4.69) is 5.32 Å². The van der Waals surface area contributed by atoms with Crippen molar-refractivity contribution in [3.63, 3.8) is 0 Å². The van der Waals surface area contributed by atoms with Gasteiger partial charge in [-0.3, -0.25) is 4.79 Å². The van der Waals surface area contributed by atoms with Gasteiger partial charge in [0.1, 0.15) is 5.82 Å². The molecule has 0 heterocycles. The van der Waals surface area contributed by atoms with Crippen molar-refractivity contribution >= 4 is 40.4 Å². The normalized spacial score (nSPS) is 15.3. The Labute approximate surface area is 120 Å². The fourth-order valence-corrected chi connectivity index (χ4v) is 2.34. The SMILES string of the molecule is CC(=O)Nc1ccc(F)cc1C1=CC(Cl)=C(Cl)CC1. The topological polar surface area (TPSA) is 29.1 Å². The number of allylic oxidation sites excluding steroid dienone is 4. The van der Waals surface area contributed by atoms with Crippen LogP contribution in [-0.2, 0) is 4.79 Å². The molecular formula is C14H12Cl2FNO. The zero-order valence-corrected chi connectivity index (χ0v) is 11.8. The van der Waals surface area contributed by atoms with E-state index in [4.69, 9.17) is 23.2 Å². The van der Waals surface area contributed by atoms with Gasteiger partial charge < -0.3 is 5.32 Å². The molecule has 1 aliphatic rings. The Bertz CT molecular complexity index is 593. The summed E-state index contributed by atoms with van der Waals surface area (Å²) in [5, 5.41) is 3.74. The van der Waals surface area contributed by atoms with Gasteiger partial charge in [-0.1, -0.05) is 23.2 Å². The lowest BCUT2D eigenvalue weighted by Gasteiger charge is -2.17. The molecule has 0 fully saturated rings. The van der Waals surface area contributed by atoms with E-state index in [9.17, 15) is 9.18 Å². The van der Waals surface area contributed by atoms with Gasteiger partial charge in [0.25, 0.3) is 0 Å². The highest BCUT2D eigenvalue weighted by Crippen LogP contribution is 2.36. The third-order valence-electron chi connectivity index (χ3n) is 2.81. The van der Waals surface area contributed by atoms with Gasteiger partial charge in [0.2, 0.25) is 5.91 Å². The maximum absolute atomic E-state index is 13.4.